The largest absolute Gasteiger partial charge is 0.441 e. The van der Waals surface area contributed by atoms with Gasteiger partial charge in [0.1, 0.15) is 0 Å². The molecule has 0 bridgehead atoms. The van der Waals surface area contributed by atoms with Gasteiger partial charge >= 0.3 is 36.3 Å². The molecule has 21 heavy (non-hydrogen) atoms. The molecule has 0 saturated heterocycles. The van der Waals surface area contributed by atoms with Gasteiger partial charge in [-0.2, -0.15) is 39.5 Å². The highest BCUT2D eigenvalue weighted by Gasteiger charge is 2.78. The number of amides is 1. The van der Waals surface area contributed by atoms with Gasteiger partial charge in [-0.1, -0.05) is 12.2 Å². The first kappa shape index (κ1) is 19.8. The minimum atomic E-state index is -6.96. The van der Waals surface area contributed by atoms with Crippen molar-refractivity contribution >= 4 is 23.1 Å². The lowest BCUT2D eigenvalue weighted by Gasteiger charge is -2.31. The second kappa shape index (κ2) is 5.53. The van der Waals surface area contributed by atoms with E-state index >= 15 is 0 Å². The Morgan fingerprint density at radius 3 is 1.57 bits per heavy atom. The molecule has 1 amide bonds. The van der Waals surface area contributed by atoms with E-state index in [9.17, 15) is 53.1 Å². The minimum absolute atomic E-state index is 0.0366. The van der Waals surface area contributed by atoms with Crippen LogP contribution in [0.3, 0.4) is 0 Å². The average molecular weight is 357 g/mol. The molecule has 0 radical (unpaired) electrons. The maximum atomic E-state index is 12.8. The normalized spacial score (nSPS) is 14.3. The molecular weight excluding hydrogens is 355 g/mol. The third-order valence-electron chi connectivity index (χ3n) is 1.86. The lowest BCUT2D eigenvalue weighted by molar-refractivity contribution is -0.327. The van der Waals surface area contributed by atoms with E-state index in [1.807, 2.05) is 0 Å². The number of hydrogen-bond donors (Lipinski definition) is 1. The maximum Gasteiger partial charge on any atom is 0.441 e. The standard InChI is InChI=1S/C7H2F11NOS/c8-1(9)4(10,11)7(17,18)5(12,13)2(20)19-3(21)6(14,15)16/h1H,(H,19,20,21). The van der Waals surface area contributed by atoms with Gasteiger partial charge in [0.25, 0.3) is 0 Å². The molecule has 0 aromatic rings. The van der Waals surface area contributed by atoms with Crippen LogP contribution in [0.5, 0.6) is 0 Å². The number of nitrogens with one attached hydrogen (secondary N) is 1. The van der Waals surface area contributed by atoms with E-state index < -0.39 is 41.3 Å². The molecule has 0 rings (SSSR count). The first-order valence-corrected chi connectivity index (χ1v) is 4.74. The van der Waals surface area contributed by atoms with Crippen molar-refractivity contribution in [2.75, 3.05) is 0 Å². The maximum absolute atomic E-state index is 12.8. The molecule has 0 aliphatic rings. The average Bonchev–Trinajstić information content (AvgIpc) is 2.26. The summed E-state index contributed by atoms with van der Waals surface area (Å²) >= 11 is 3.33. The van der Waals surface area contributed by atoms with Crippen LogP contribution in [0, 0.1) is 0 Å². The zero-order valence-electron chi connectivity index (χ0n) is 9.05. The van der Waals surface area contributed by atoms with Crippen molar-refractivity contribution in [3.05, 3.63) is 0 Å². The molecule has 0 spiro atoms. The first-order valence-electron chi connectivity index (χ1n) is 4.33. The number of carbonyl (C=O) groups excluding carboxylic acids is 1. The fourth-order valence-corrected chi connectivity index (χ4v) is 0.834. The smallest absolute Gasteiger partial charge is 0.307 e. The first-order chi connectivity index (χ1) is 8.99. The number of carbonyl (C=O) groups is 1. The van der Waals surface area contributed by atoms with E-state index in [1.165, 1.54) is 0 Å². The fraction of sp³-hybridized carbons (Fsp3) is 0.714. The Morgan fingerprint density at radius 1 is 0.905 bits per heavy atom. The van der Waals surface area contributed by atoms with E-state index in [0.717, 1.165) is 0 Å². The van der Waals surface area contributed by atoms with Crippen LogP contribution in [0.1, 0.15) is 0 Å². The Hall–Kier alpha value is -1.21. The van der Waals surface area contributed by atoms with Crippen molar-refractivity contribution in [3.8, 4) is 0 Å². The van der Waals surface area contributed by atoms with Gasteiger partial charge in [-0.05, 0) is 0 Å². The Kier molecular flexibility index (Phi) is 5.21. The summed E-state index contributed by atoms with van der Waals surface area (Å²) in [6.45, 7) is 0. The molecule has 124 valence electrons. The van der Waals surface area contributed by atoms with Crippen molar-refractivity contribution in [1.29, 1.82) is 0 Å². The van der Waals surface area contributed by atoms with Gasteiger partial charge < -0.3 is 5.32 Å². The van der Waals surface area contributed by atoms with E-state index in [4.69, 9.17) is 0 Å². The molecule has 0 aromatic heterocycles. The van der Waals surface area contributed by atoms with Gasteiger partial charge in [0, 0.05) is 0 Å². The molecule has 0 atom stereocenters. The summed E-state index contributed by atoms with van der Waals surface area (Å²) in [5.41, 5.74) is 0. The number of halogens is 11. The summed E-state index contributed by atoms with van der Waals surface area (Å²) in [6.07, 6.45) is -10.9. The summed E-state index contributed by atoms with van der Waals surface area (Å²) in [5.74, 6) is -23.8. The molecule has 0 heterocycles. The van der Waals surface area contributed by atoms with E-state index in [-0.39, 0.29) is 5.32 Å². The zero-order valence-corrected chi connectivity index (χ0v) is 9.87. The second-order valence-electron chi connectivity index (χ2n) is 3.35. The molecule has 14 heteroatoms. The lowest BCUT2D eigenvalue weighted by Crippen LogP contribution is -2.64. The Bertz CT molecular complexity index is 429. The number of thiocarbonyl (C=S) groups is 1. The second-order valence-corrected chi connectivity index (χ2v) is 3.76. The Balaban J connectivity index is 5.47. The zero-order chi connectivity index (χ0) is 17.4. The topological polar surface area (TPSA) is 29.1 Å². The van der Waals surface area contributed by atoms with Gasteiger partial charge in [0.05, 0.1) is 0 Å². The van der Waals surface area contributed by atoms with Gasteiger partial charge in [0.2, 0.25) is 0 Å². The summed E-state index contributed by atoms with van der Waals surface area (Å²) in [7, 11) is 0. The van der Waals surface area contributed by atoms with E-state index in [2.05, 4.69) is 12.2 Å². The molecule has 0 aliphatic carbocycles. The van der Waals surface area contributed by atoms with E-state index in [1.54, 1.807) is 0 Å². The molecule has 2 nitrogen and oxygen atoms in total. The van der Waals surface area contributed by atoms with Crippen LogP contribution in [0.4, 0.5) is 48.3 Å². The van der Waals surface area contributed by atoms with Crippen molar-refractivity contribution in [2.45, 2.75) is 30.4 Å². The van der Waals surface area contributed by atoms with Crippen molar-refractivity contribution in [1.82, 2.24) is 5.32 Å². The highest BCUT2D eigenvalue weighted by Crippen LogP contribution is 2.48. The predicted octanol–water partition coefficient (Wildman–Crippen LogP) is 3.16. The summed E-state index contributed by atoms with van der Waals surface area (Å²) < 4.78 is 134. The molecule has 0 aliphatic heterocycles. The van der Waals surface area contributed by atoms with Crippen LogP contribution in [0.25, 0.3) is 0 Å². The monoisotopic (exact) mass is 357 g/mol. The highest BCUT2D eigenvalue weighted by atomic mass is 32.1. The van der Waals surface area contributed by atoms with Crippen molar-refractivity contribution in [2.24, 2.45) is 0 Å². The van der Waals surface area contributed by atoms with Crippen LogP contribution < -0.4 is 5.32 Å². The number of rotatable bonds is 4. The predicted molar refractivity (Wildman–Crippen MR) is 47.6 cm³/mol. The fourth-order valence-electron chi connectivity index (χ4n) is 0.741. The van der Waals surface area contributed by atoms with Crippen LogP contribution >= 0.6 is 12.2 Å². The molecule has 0 unspecified atom stereocenters. The van der Waals surface area contributed by atoms with Crippen molar-refractivity contribution < 1.29 is 53.1 Å². The summed E-state index contributed by atoms with van der Waals surface area (Å²) in [4.78, 5) is 7.90. The molecule has 0 fully saturated rings. The summed E-state index contributed by atoms with van der Waals surface area (Å²) in [6, 6.07) is 0. The van der Waals surface area contributed by atoms with Crippen LogP contribution in [-0.4, -0.2) is 41.3 Å². The van der Waals surface area contributed by atoms with Crippen LogP contribution in [-0.2, 0) is 4.79 Å². The van der Waals surface area contributed by atoms with Gasteiger partial charge in [-0.15, -0.1) is 0 Å². The van der Waals surface area contributed by atoms with Crippen LogP contribution in [0.2, 0.25) is 0 Å². The number of alkyl halides is 11. The van der Waals surface area contributed by atoms with Gasteiger partial charge in [0.15, 0.2) is 4.99 Å². The third kappa shape index (κ3) is 3.52. The van der Waals surface area contributed by atoms with Gasteiger partial charge in [-0.25, -0.2) is 8.78 Å². The summed E-state index contributed by atoms with van der Waals surface area (Å²) in [5, 5.41) is 0.0366. The Morgan fingerprint density at radius 2 is 1.29 bits per heavy atom. The molecule has 0 saturated carbocycles. The highest BCUT2D eigenvalue weighted by molar-refractivity contribution is 7.80. The lowest BCUT2D eigenvalue weighted by atomic mass is 10.0. The third-order valence-corrected chi connectivity index (χ3v) is 2.19. The van der Waals surface area contributed by atoms with Crippen molar-refractivity contribution in [3.63, 3.8) is 0 Å². The van der Waals surface area contributed by atoms with Gasteiger partial charge in [-0.3, -0.25) is 4.79 Å². The number of hydrogen-bond acceptors (Lipinski definition) is 2. The SMILES string of the molecule is O=C(NC(=S)C(F)(F)F)C(F)(F)C(F)(F)C(F)(F)C(F)F. The minimum Gasteiger partial charge on any atom is -0.307 e. The molecule has 0 aromatic carbocycles. The Labute approximate surface area is 113 Å². The molecule has 1 N–H and O–H groups in total. The molecular formula is C7H2F11NOS. The van der Waals surface area contributed by atoms with E-state index in [0.29, 0.717) is 0 Å². The van der Waals surface area contributed by atoms with Crippen LogP contribution in [0.15, 0.2) is 0 Å². The quantitative estimate of drug-likeness (QED) is 0.619.